The van der Waals surface area contributed by atoms with Gasteiger partial charge in [-0.05, 0) is 24.5 Å². The number of nitrogens with one attached hydrogen (secondary N) is 1. The summed E-state index contributed by atoms with van der Waals surface area (Å²) in [6.07, 6.45) is 2.07. The lowest BCUT2D eigenvalue weighted by molar-refractivity contribution is 0.133. The van der Waals surface area contributed by atoms with Crippen molar-refractivity contribution in [3.63, 3.8) is 0 Å². The minimum Gasteiger partial charge on any atom is -0.439 e. The monoisotopic (exact) mass is 320 g/mol. The topological polar surface area (TPSA) is 58.3 Å². The van der Waals surface area contributed by atoms with E-state index in [1.54, 1.807) is 6.20 Å². The summed E-state index contributed by atoms with van der Waals surface area (Å²) in [6.45, 7) is 2.01. The summed E-state index contributed by atoms with van der Waals surface area (Å²) >= 11 is 0. The molecule has 2 N–H and O–H groups in total. The maximum Gasteiger partial charge on any atom is 0.211 e. The summed E-state index contributed by atoms with van der Waals surface area (Å²) in [7, 11) is 0. The first-order valence-electron chi connectivity index (χ1n) is 8.25. The van der Waals surface area contributed by atoms with Crippen LogP contribution in [0.4, 0.5) is 0 Å². The van der Waals surface area contributed by atoms with E-state index in [4.69, 9.17) is 4.42 Å². The molecule has 122 valence electrons. The van der Waals surface area contributed by atoms with Gasteiger partial charge in [-0.3, -0.25) is 0 Å². The first-order valence-corrected chi connectivity index (χ1v) is 8.25. The van der Waals surface area contributed by atoms with Gasteiger partial charge in [0.2, 0.25) is 5.89 Å². The van der Waals surface area contributed by atoms with Crippen molar-refractivity contribution in [1.29, 1.82) is 0 Å². The van der Waals surface area contributed by atoms with Crippen LogP contribution in [0.3, 0.4) is 0 Å². The summed E-state index contributed by atoms with van der Waals surface area (Å²) < 4.78 is 5.90. The summed E-state index contributed by atoms with van der Waals surface area (Å²) in [6, 6.07) is 17.9. The number of aromatic nitrogens is 1. The van der Waals surface area contributed by atoms with Crippen LogP contribution in [0.25, 0.3) is 11.3 Å². The van der Waals surface area contributed by atoms with Gasteiger partial charge in [0.1, 0.15) is 0 Å². The molecule has 0 aliphatic heterocycles. The highest BCUT2D eigenvalue weighted by Crippen LogP contribution is 2.32. The molecule has 4 rings (SSSR count). The highest BCUT2D eigenvalue weighted by Gasteiger charge is 2.32. The number of hydrogen-bond donors (Lipinski definition) is 2. The Kier molecular flexibility index (Phi) is 3.92. The first-order chi connectivity index (χ1) is 11.7. The quantitative estimate of drug-likeness (QED) is 0.770. The molecule has 2 aromatic carbocycles. The van der Waals surface area contributed by atoms with Crippen molar-refractivity contribution in [2.45, 2.75) is 31.5 Å². The van der Waals surface area contributed by atoms with Gasteiger partial charge in [-0.15, -0.1) is 0 Å². The van der Waals surface area contributed by atoms with Crippen LogP contribution < -0.4 is 5.32 Å². The standard InChI is InChI=1S/C20H20N2O2/c1-13(20-21-12-18(24-20)14-7-3-2-4-8-14)22-17-11-15-9-5-6-10-16(15)19(17)23/h2-10,12-13,17,19,22-23H,11H2,1H3/t13-,17-,19+/m0/s1. The van der Waals surface area contributed by atoms with Crippen LogP contribution in [0.15, 0.2) is 65.2 Å². The second kappa shape index (κ2) is 6.23. The molecule has 0 fully saturated rings. The van der Waals surface area contributed by atoms with Crippen LogP contribution in [0.5, 0.6) is 0 Å². The van der Waals surface area contributed by atoms with Crippen molar-refractivity contribution < 1.29 is 9.52 Å². The molecular formula is C20H20N2O2. The Labute approximate surface area is 141 Å². The van der Waals surface area contributed by atoms with Crippen LogP contribution in [0.2, 0.25) is 0 Å². The molecule has 1 aliphatic carbocycles. The van der Waals surface area contributed by atoms with E-state index in [1.165, 1.54) is 5.56 Å². The Balaban J connectivity index is 1.48. The zero-order valence-corrected chi connectivity index (χ0v) is 13.5. The van der Waals surface area contributed by atoms with Crippen molar-refractivity contribution in [3.8, 4) is 11.3 Å². The van der Waals surface area contributed by atoms with Crippen molar-refractivity contribution >= 4 is 0 Å². The van der Waals surface area contributed by atoms with Crippen molar-refractivity contribution in [2.75, 3.05) is 0 Å². The third-order valence-electron chi connectivity index (χ3n) is 4.61. The van der Waals surface area contributed by atoms with Gasteiger partial charge in [-0.2, -0.15) is 0 Å². The lowest BCUT2D eigenvalue weighted by Gasteiger charge is -2.20. The van der Waals surface area contributed by atoms with Gasteiger partial charge in [-0.25, -0.2) is 4.98 Å². The van der Waals surface area contributed by atoms with E-state index in [1.807, 2.05) is 55.5 Å². The number of aliphatic hydroxyl groups excluding tert-OH is 1. The van der Waals surface area contributed by atoms with Crippen LogP contribution >= 0.6 is 0 Å². The van der Waals surface area contributed by atoms with Gasteiger partial charge in [-0.1, -0.05) is 54.6 Å². The second-order valence-corrected chi connectivity index (χ2v) is 6.27. The van der Waals surface area contributed by atoms with E-state index >= 15 is 0 Å². The Morgan fingerprint density at radius 2 is 1.88 bits per heavy atom. The van der Waals surface area contributed by atoms with Gasteiger partial charge in [0.25, 0.3) is 0 Å². The number of aliphatic hydroxyl groups is 1. The fourth-order valence-electron chi connectivity index (χ4n) is 3.34. The summed E-state index contributed by atoms with van der Waals surface area (Å²) in [4.78, 5) is 4.40. The SMILES string of the molecule is C[C@H](N[C@H]1Cc2ccccc2[C@H]1O)c1ncc(-c2ccccc2)o1. The average Bonchev–Trinajstić information content (AvgIpc) is 3.22. The molecule has 0 spiro atoms. The minimum atomic E-state index is -0.493. The van der Waals surface area contributed by atoms with E-state index in [2.05, 4.69) is 16.4 Å². The molecule has 3 atom stereocenters. The van der Waals surface area contributed by atoms with Gasteiger partial charge < -0.3 is 14.8 Å². The normalized spacial score (nSPS) is 20.8. The molecule has 24 heavy (non-hydrogen) atoms. The maximum atomic E-state index is 10.5. The van der Waals surface area contributed by atoms with Gasteiger partial charge >= 0.3 is 0 Å². The predicted molar refractivity (Wildman–Crippen MR) is 92.4 cm³/mol. The molecule has 1 aliphatic rings. The lowest BCUT2D eigenvalue weighted by atomic mass is 10.1. The van der Waals surface area contributed by atoms with E-state index in [0.29, 0.717) is 5.89 Å². The first kappa shape index (κ1) is 15.1. The van der Waals surface area contributed by atoms with Crippen LogP contribution in [0.1, 0.15) is 36.1 Å². The van der Waals surface area contributed by atoms with Crippen molar-refractivity contribution in [2.24, 2.45) is 0 Å². The summed E-state index contributed by atoms with van der Waals surface area (Å²) in [5.41, 5.74) is 3.23. The lowest BCUT2D eigenvalue weighted by Crippen LogP contribution is -2.35. The Morgan fingerprint density at radius 1 is 1.12 bits per heavy atom. The molecule has 0 bridgehead atoms. The largest absolute Gasteiger partial charge is 0.439 e. The Hall–Kier alpha value is -2.43. The highest BCUT2D eigenvalue weighted by atomic mass is 16.4. The molecule has 0 radical (unpaired) electrons. The summed E-state index contributed by atoms with van der Waals surface area (Å²) in [5, 5.41) is 14.0. The number of fused-ring (bicyclic) bond motifs is 1. The van der Waals surface area contributed by atoms with E-state index in [0.717, 1.165) is 23.3 Å². The molecule has 1 heterocycles. The molecule has 1 aromatic heterocycles. The molecule has 3 aromatic rings. The number of hydrogen-bond acceptors (Lipinski definition) is 4. The van der Waals surface area contributed by atoms with E-state index < -0.39 is 6.10 Å². The zero-order chi connectivity index (χ0) is 16.5. The van der Waals surface area contributed by atoms with Crippen LogP contribution in [-0.2, 0) is 6.42 Å². The van der Waals surface area contributed by atoms with Gasteiger partial charge in [0.15, 0.2) is 5.76 Å². The fraction of sp³-hybridized carbons (Fsp3) is 0.250. The summed E-state index contributed by atoms with van der Waals surface area (Å²) in [5.74, 6) is 1.39. The van der Waals surface area contributed by atoms with Crippen LogP contribution in [0, 0.1) is 0 Å². The zero-order valence-electron chi connectivity index (χ0n) is 13.5. The van der Waals surface area contributed by atoms with Crippen molar-refractivity contribution in [3.05, 3.63) is 77.8 Å². The third kappa shape index (κ3) is 2.75. The molecule has 0 amide bonds. The van der Waals surface area contributed by atoms with E-state index in [-0.39, 0.29) is 12.1 Å². The van der Waals surface area contributed by atoms with Crippen molar-refractivity contribution in [1.82, 2.24) is 10.3 Å². The molecular weight excluding hydrogens is 300 g/mol. The molecule has 0 saturated carbocycles. The minimum absolute atomic E-state index is 0.0236. The molecule has 0 saturated heterocycles. The third-order valence-corrected chi connectivity index (χ3v) is 4.61. The highest BCUT2D eigenvalue weighted by molar-refractivity contribution is 5.55. The Bertz CT molecular complexity index is 828. The molecule has 4 nitrogen and oxygen atoms in total. The van der Waals surface area contributed by atoms with E-state index in [9.17, 15) is 5.11 Å². The molecule has 0 unspecified atom stereocenters. The van der Waals surface area contributed by atoms with Gasteiger partial charge in [0.05, 0.1) is 18.3 Å². The fourth-order valence-corrected chi connectivity index (χ4v) is 3.34. The number of benzene rings is 2. The molecule has 4 heteroatoms. The second-order valence-electron chi connectivity index (χ2n) is 6.27. The Morgan fingerprint density at radius 3 is 2.67 bits per heavy atom. The number of rotatable bonds is 4. The average molecular weight is 320 g/mol. The smallest absolute Gasteiger partial charge is 0.211 e. The van der Waals surface area contributed by atoms with Crippen LogP contribution in [-0.4, -0.2) is 16.1 Å². The maximum absolute atomic E-state index is 10.5. The van der Waals surface area contributed by atoms with Gasteiger partial charge in [0, 0.05) is 11.6 Å². The predicted octanol–water partition coefficient (Wildman–Crippen LogP) is 3.65. The number of oxazole rings is 1. The number of nitrogens with zero attached hydrogens (tertiary/aromatic N) is 1.